The lowest BCUT2D eigenvalue weighted by atomic mass is 9.80. The van der Waals surface area contributed by atoms with Crippen molar-refractivity contribution in [2.24, 2.45) is 5.41 Å². The van der Waals surface area contributed by atoms with Crippen molar-refractivity contribution in [3.63, 3.8) is 0 Å². The fourth-order valence-corrected chi connectivity index (χ4v) is 4.24. The minimum Gasteiger partial charge on any atom is -0.379 e. The van der Waals surface area contributed by atoms with E-state index in [1.165, 1.54) is 0 Å². The molecule has 3 aliphatic heterocycles. The monoisotopic (exact) mass is 346 g/mol. The van der Waals surface area contributed by atoms with Crippen molar-refractivity contribution in [1.29, 1.82) is 0 Å². The van der Waals surface area contributed by atoms with Crippen LogP contribution in [-0.4, -0.2) is 72.9 Å². The van der Waals surface area contributed by atoms with Crippen LogP contribution >= 0.6 is 0 Å². The second-order valence-corrected chi connectivity index (χ2v) is 7.39. The molecule has 4 rings (SSSR count). The van der Waals surface area contributed by atoms with Crippen LogP contribution in [0.3, 0.4) is 0 Å². The summed E-state index contributed by atoms with van der Waals surface area (Å²) >= 11 is 0. The molecular formula is C18H26N4O3. The number of hydrogen-bond donors (Lipinski definition) is 0. The molecule has 4 heterocycles. The number of amides is 1. The molecule has 1 spiro atoms. The lowest BCUT2D eigenvalue weighted by Gasteiger charge is -2.44. The highest BCUT2D eigenvalue weighted by Crippen LogP contribution is 2.34. The number of rotatable bonds is 2. The van der Waals surface area contributed by atoms with E-state index in [1.54, 1.807) is 12.4 Å². The molecule has 7 nitrogen and oxygen atoms in total. The van der Waals surface area contributed by atoms with E-state index < -0.39 is 0 Å². The van der Waals surface area contributed by atoms with Gasteiger partial charge < -0.3 is 19.3 Å². The summed E-state index contributed by atoms with van der Waals surface area (Å²) in [6.45, 7) is 5.22. The van der Waals surface area contributed by atoms with E-state index in [1.807, 2.05) is 11.0 Å². The second kappa shape index (κ2) is 7.25. The first-order valence-electron chi connectivity index (χ1n) is 9.26. The van der Waals surface area contributed by atoms with Gasteiger partial charge in [0.15, 0.2) is 0 Å². The van der Waals surface area contributed by atoms with Gasteiger partial charge in [0.1, 0.15) is 6.10 Å². The van der Waals surface area contributed by atoms with Gasteiger partial charge in [0, 0.05) is 50.6 Å². The van der Waals surface area contributed by atoms with Gasteiger partial charge in [-0.05, 0) is 31.7 Å². The first kappa shape index (κ1) is 16.7. The summed E-state index contributed by atoms with van der Waals surface area (Å²) in [5.41, 5.74) is -0.0534. The zero-order valence-electron chi connectivity index (χ0n) is 14.6. The number of carbonyl (C=O) groups is 1. The smallest absolute Gasteiger partial charge is 0.251 e. The highest BCUT2D eigenvalue weighted by Gasteiger charge is 2.42. The van der Waals surface area contributed by atoms with Crippen LogP contribution in [0.25, 0.3) is 0 Å². The Bertz CT molecular complexity index is 593. The van der Waals surface area contributed by atoms with Crippen LogP contribution in [0, 0.1) is 5.41 Å². The number of piperidine rings is 1. The van der Waals surface area contributed by atoms with E-state index in [-0.39, 0.29) is 17.4 Å². The van der Waals surface area contributed by atoms with Crippen molar-refractivity contribution in [3.05, 3.63) is 18.5 Å². The molecule has 1 amide bonds. The van der Waals surface area contributed by atoms with Crippen molar-refractivity contribution in [3.8, 4) is 0 Å². The number of ether oxygens (including phenoxy) is 2. The SMILES string of the molecule is O=C(C1CCCO1)N1CCCC2(COCCN(c3ncccn3)C2)C1. The molecule has 1 aromatic heterocycles. The van der Waals surface area contributed by atoms with Crippen LogP contribution in [-0.2, 0) is 14.3 Å². The first-order valence-corrected chi connectivity index (χ1v) is 9.26. The molecule has 0 N–H and O–H groups in total. The standard InChI is InChI=1S/C18H26N4O3/c23-16(15-4-1-10-25-15)21-8-2-5-18(12-21)13-22(9-11-24-14-18)17-19-6-3-7-20-17/h3,6-7,15H,1-2,4-5,8-14H2. The normalized spacial score (nSPS) is 30.5. The molecular weight excluding hydrogens is 320 g/mol. The number of hydrogen-bond acceptors (Lipinski definition) is 6. The maximum absolute atomic E-state index is 12.8. The first-order chi connectivity index (χ1) is 12.3. The van der Waals surface area contributed by atoms with Gasteiger partial charge in [-0.15, -0.1) is 0 Å². The van der Waals surface area contributed by atoms with Gasteiger partial charge in [-0.25, -0.2) is 9.97 Å². The Morgan fingerprint density at radius 3 is 2.84 bits per heavy atom. The van der Waals surface area contributed by atoms with E-state index in [0.29, 0.717) is 19.8 Å². The van der Waals surface area contributed by atoms with E-state index in [2.05, 4.69) is 14.9 Å². The van der Waals surface area contributed by atoms with Gasteiger partial charge in [0.25, 0.3) is 5.91 Å². The van der Waals surface area contributed by atoms with Crippen molar-refractivity contribution in [1.82, 2.24) is 14.9 Å². The number of aromatic nitrogens is 2. The van der Waals surface area contributed by atoms with Crippen LogP contribution in [0.4, 0.5) is 5.95 Å². The number of likely N-dealkylation sites (tertiary alicyclic amines) is 1. The van der Waals surface area contributed by atoms with Crippen molar-refractivity contribution < 1.29 is 14.3 Å². The Kier molecular flexibility index (Phi) is 4.85. The summed E-state index contributed by atoms with van der Waals surface area (Å²) in [4.78, 5) is 25.8. The van der Waals surface area contributed by atoms with Crippen molar-refractivity contribution in [2.75, 3.05) is 50.9 Å². The minimum absolute atomic E-state index is 0.0534. The number of carbonyl (C=O) groups excluding carboxylic acids is 1. The molecule has 136 valence electrons. The average Bonchev–Trinajstić information content (AvgIpc) is 3.12. The maximum atomic E-state index is 12.8. The van der Waals surface area contributed by atoms with Gasteiger partial charge >= 0.3 is 0 Å². The van der Waals surface area contributed by atoms with E-state index in [0.717, 1.165) is 57.8 Å². The summed E-state index contributed by atoms with van der Waals surface area (Å²) in [6, 6.07) is 1.83. The quantitative estimate of drug-likeness (QED) is 0.799. The average molecular weight is 346 g/mol. The minimum atomic E-state index is -0.240. The molecule has 0 aliphatic carbocycles. The van der Waals surface area contributed by atoms with Crippen molar-refractivity contribution >= 4 is 11.9 Å². The lowest BCUT2D eigenvalue weighted by Crippen LogP contribution is -2.54. The number of anilines is 1. The Labute approximate surface area is 148 Å². The Morgan fingerprint density at radius 1 is 1.16 bits per heavy atom. The Morgan fingerprint density at radius 2 is 2.04 bits per heavy atom. The van der Waals surface area contributed by atoms with Crippen LogP contribution in [0.15, 0.2) is 18.5 Å². The molecule has 3 aliphatic rings. The van der Waals surface area contributed by atoms with Crippen LogP contribution in [0.5, 0.6) is 0 Å². The molecule has 2 atom stereocenters. The van der Waals surface area contributed by atoms with Crippen LogP contribution < -0.4 is 4.90 Å². The second-order valence-electron chi connectivity index (χ2n) is 7.39. The zero-order valence-corrected chi connectivity index (χ0v) is 14.6. The van der Waals surface area contributed by atoms with Crippen LogP contribution in [0.1, 0.15) is 25.7 Å². The summed E-state index contributed by atoms with van der Waals surface area (Å²) in [5, 5.41) is 0. The predicted octanol–water partition coefficient (Wildman–Crippen LogP) is 1.10. The topological polar surface area (TPSA) is 67.8 Å². The zero-order chi connectivity index (χ0) is 17.1. The molecule has 3 fully saturated rings. The summed E-state index contributed by atoms with van der Waals surface area (Å²) in [5.74, 6) is 0.901. The fraction of sp³-hybridized carbons (Fsp3) is 0.722. The maximum Gasteiger partial charge on any atom is 0.251 e. The third kappa shape index (κ3) is 3.62. The van der Waals surface area contributed by atoms with E-state index in [9.17, 15) is 4.79 Å². The van der Waals surface area contributed by atoms with Gasteiger partial charge in [0.05, 0.1) is 13.2 Å². The fourth-order valence-electron chi connectivity index (χ4n) is 4.24. The third-order valence-corrected chi connectivity index (χ3v) is 5.45. The highest BCUT2D eigenvalue weighted by atomic mass is 16.5. The van der Waals surface area contributed by atoms with Gasteiger partial charge in [-0.2, -0.15) is 0 Å². The summed E-state index contributed by atoms with van der Waals surface area (Å²) < 4.78 is 11.5. The van der Waals surface area contributed by atoms with Gasteiger partial charge in [-0.3, -0.25) is 4.79 Å². The Hall–Kier alpha value is -1.73. The molecule has 0 bridgehead atoms. The molecule has 0 radical (unpaired) electrons. The molecule has 2 unspecified atom stereocenters. The van der Waals surface area contributed by atoms with Crippen molar-refractivity contribution in [2.45, 2.75) is 31.8 Å². The lowest BCUT2D eigenvalue weighted by molar-refractivity contribution is -0.145. The van der Waals surface area contributed by atoms with Crippen LogP contribution in [0.2, 0.25) is 0 Å². The largest absolute Gasteiger partial charge is 0.379 e. The molecule has 25 heavy (non-hydrogen) atoms. The molecule has 7 heteroatoms. The molecule has 1 aromatic rings. The third-order valence-electron chi connectivity index (χ3n) is 5.45. The highest BCUT2D eigenvalue weighted by molar-refractivity contribution is 5.81. The van der Waals surface area contributed by atoms with E-state index >= 15 is 0 Å². The molecule has 3 saturated heterocycles. The van der Waals surface area contributed by atoms with Gasteiger partial charge in [-0.1, -0.05) is 0 Å². The predicted molar refractivity (Wildman–Crippen MR) is 92.3 cm³/mol. The Balaban J connectivity index is 1.49. The van der Waals surface area contributed by atoms with E-state index in [4.69, 9.17) is 9.47 Å². The summed E-state index contributed by atoms with van der Waals surface area (Å²) in [7, 11) is 0. The van der Waals surface area contributed by atoms with Gasteiger partial charge in [0.2, 0.25) is 5.95 Å². The number of nitrogens with zero attached hydrogens (tertiary/aromatic N) is 4. The summed E-state index contributed by atoms with van der Waals surface area (Å²) in [6.07, 6.45) is 7.21. The molecule has 0 saturated carbocycles. The molecule has 0 aromatic carbocycles.